The zero-order valence-corrected chi connectivity index (χ0v) is 11.0. The molecule has 2 atom stereocenters. The van der Waals surface area contributed by atoms with Crippen molar-refractivity contribution in [2.24, 2.45) is 0 Å². The fraction of sp³-hybridized carbons (Fsp3) is 0.500. The van der Waals surface area contributed by atoms with Crippen LogP contribution < -0.4 is 0 Å². The lowest BCUT2D eigenvalue weighted by Gasteiger charge is -2.34. The Balaban J connectivity index is 0.00000121. The molecular weight excluding hydrogens is 239 g/mol. The summed E-state index contributed by atoms with van der Waals surface area (Å²) in [5.41, 5.74) is 2.38. The molecule has 2 fully saturated rings. The number of rotatable bonds is 1. The highest BCUT2D eigenvalue weighted by Crippen LogP contribution is 2.38. The van der Waals surface area contributed by atoms with Crippen LogP contribution in [-0.4, -0.2) is 29.0 Å². The van der Waals surface area contributed by atoms with Gasteiger partial charge in [0, 0.05) is 24.6 Å². The number of piperidine rings is 1. The second-order valence-electron chi connectivity index (χ2n) is 5.99. The van der Waals surface area contributed by atoms with Crippen LogP contribution in [0, 0.1) is 5.82 Å². The highest BCUT2D eigenvalue weighted by atomic mass is 19.1. The van der Waals surface area contributed by atoms with E-state index in [1.807, 2.05) is 6.07 Å². The fourth-order valence-corrected chi connectivity index (χ4v) is 3.96. The van der Waals surface area contributed by atoms with Crippen molar-refractivity contribution in [2.75, 3.05) is 13.1 Å². The summed E-state index contributed by atoms with van der Waals surface area (Å²) in [5, 5.41) is 1.08. The number of nitrogens with one attached hydrogen (secondary N) is 1. The van der Waals surface area contributed by atoms with Crippen molar-refractivity contribution in [3.8, 4) is 0 Å². The Morgan fingerprint density at radius 2 is 2.21 bits per heavy atom. The van der Waals surface area contributed by atoms with Gasteiger partial charge in [0.15, 0.2) is 0 Å². The molecular formula is C16H21FN2. The molecule has 0 spiro atoms. The Morgan fingerprint density at radius 3 is 3.16 bits per heavy atom. The lowest BCUT2D eigenvalue weighted by molar-refractivity contribution is 0.181. The molecule has 1 aromatic carbocycles. The van der Waals surface area contributed by atoms with Gasteiger partial charge in [-0.2, -0.15) is 0 Å². The van der Waals surface area contributed by atoms with E-state index < -0.39 is 0 Å². The van der Waals surface area contributed by atoms with E-state index in [0.29, 0.717) is 5.92 Å². The summed E-state index contributed by atoms with van der Waals surface area (Å²) in [6.45, 7) is 2.48. The molecule has 2 saturated heterocycles. The van der Waals surface area contributed by atoms with E-state index in [4.69, 9.17) is 0 Å². The van der Waals surface area contributed by atoms with Crippen LogP contribution in [0.1, 0.15) is 38.6 Å². The van der Waals surface area contributed by atoms with Crippen LogP contribution in [0.25, 0.3) is 10.9 Å². The van der Waals surface area contributed by atoms with Gasteiger partial charge >= 0.3 is 0 Å². The molecule has 0 saturated carbocycles. The molecule has 2 aliphatic rings. The first-order valence-electron chi connectivity index (χ1n) is 7.32. The van der Waals surface area contributed by atoms with Crippen molar-refractivity contribution in [1.82, 2.24) is 9.88 Å². The van der Waals surface area contributed by atoms with Gasteiger partial charge in [-0.1, -0.05) is 0 Å². The summed E-state index contributed by atoms with van der Waals surface area (Å²) >= 11 is 0. The zero-order valence-electron chi connectivity index (χ0n) is 11.0. The van der Waals surface area contributed by atoms with Gasteiger partial charge in [-0.15, -0.1) is 0 Å². The molecule has 3 heterocycles. The molecule has 2 unspecified atom stereocenters. The van der Waals surface area contributed by atoms with Crippen LogP contribution in [-0.2, 0) is 0 Å². The van der Waals surface area contributed by atoms with E-state index >= 15 is 0 Å². The Morgan fingerprint density at radius 1 is 1.26 bits per heavy atom. The highest BCUT2D eigenvalue weighted by molar-refractivity contribution is 5.83. The van der Waals surface area contributed by atoms with Gasteiger partial charge in [0.25, 0.3) is 0 Å². The third-order valence-electron chi connectivity index (χ3n) is 4.94. The first kappa shape index (κ1) is 11.5. The van der Waals surface area contributed by atoms with Crippen LogP contribution >= 0.6 is 0 Å². The number of nitrogens with zero attached hydrogens (tertiary/aromatic N) is 1. The molecule has 0 amide bonds. The fourth-order valence-electron chi connectivity index (χ4n) is 3.96. The number of H-pyrrole nitrogens is 1. The quantitative estimate of drug-likeness (QED) is 0.824. The molecule has 2 aromatic rings. The number of aromatic amines is 1. The number of benzene rings is 1. The topological polar surface area (TPSA) is 19.0 Å². The minimum atomic E-state index is -0.133. The maximum atomic E-state index is 13.5. The number of hydrogen-bond donors (Lipinski definition) is 1. The molecule has 102 valence electrons. The Labute approximate surface area is 114 Å². The summed E-state index contributed by atoms with van der Waals surface area (Å²) in [7, 11) is 0. The van der Waals surface area contributed by atoms with Crippen LogP contribution in [0.5, 0.6) is 0 Å². The van der Waals surface area contributed by atoms with Gasteiger partial charge in [-0.05, 0) is 68.5 Å². The Hall–Kier alpha value is -1.35. The summed E-state index contributed by atoms with van der Waals surface area (Å²) in [6, 6.07) is 5.82. The highest BCUT2D eigenvalue weighted by Gasteiger charge is 2.33. The van der Waals surface area contributed by atoms with Gasteiger partial charge in [-0.25, -0.2) is 4.39 Å². The number of aromatic nitrogens is 1. The maximum absolute atomic E-state index is 13.5. The smallest absolute Gasteiger partial charge is 0.123 e. The SMILES string of the molecule is Fc1ccc2[nH]cc(C3CCN4CCCC4C3)c2c1.[HH]. The summed E-state index contributed by atoms with van der Waals surface area (Å²) in [5.74, 6) is 0.460. The maximum Gasteiger partial charge on any atom is 0.123 e. The van der Waals surface area contributed by atoms with Crippen molar-refractivity contribution >= 4 is 10.9 Å². The minimum absolute atomic E-state index is 0. The molecule has 1 aromatic heterocycles. The van der Waals surface area contributed by atoms with E-state index in [2.05, 4.69) is 16.1 Å². The Kier molecular flexibility index (Phi) is 2.62. The van der Waals surface area contributed by atoms with Gasteiger partial charge in [-0.3, -0.25) is 0 Å². The van der Waals surface area contributed by atoms with Gasteiger partial charge < -0.3 is 9.88 Å². The summed E-state index contributed by atoms with van der Waals surface area (Å²) < 4.78 is 13.5. The van der Waals surface area contributed by atoms with Crippen LogP contribution in [0.15, 0.2) is 24.4 Å². The molecule has 0 bridgehead atoms. The van der Waals surface area contributed by atoms with E-state index in [9.17, 15) is 4.39 Å². The van der Waals surface area contributed by atoms with Gasteiger partial charge in [0.05, 0.1) is 0 Å². The molecule has 3 heteroatoms. The number of hydrogen-bond acceptors (Lipinski definition) is 1. The van der Waals surface area contributed by atoms with E-state index in [1.54, 1.807) is 6.07 Å². The normalized spacial score (nSPS) is 27.8. The van der Waals surface area contributed by atoms with Crippen molar-refractivity contribution in [1.29, 1.82) is 0 Å². The van der Waals surface area contributed by atoms with E-state index in [1.165, 1.54) is 50.4 Å². The molecule has 19 heavy (non-hydrogen) atoms. The van der Waals surface area contributed by atoms with E-state index in [0.717, 1.165) is 16.9 Å². The molecule has 2 nitrogen and oxygen atoms in total. The molecule has 2 aliphatic heterocycles. The predicted molar refractivity (Wildman–Crippen MR) is 76.9 cm³/mol. The van der Waals surface area contributed by atoms with Crippen molar-refractivity contribution in [2.45, 2.75) is 37.6 Å². The number of fused-ring (bicyclic) bond motifs is 2. The number of halogens is 1. The molecule has 1 N–H and O–H groups in total. The third kappa shape index (κ3) is 1.88. The minimum Gasteiger partial charge on any atom is -0.361 e. The lowest BCUT2D eigenvalue weighted by atomic mass is 9.85. The molecule has 0 aliphatic carbocycles. The van der Waals surface area contributed by atoms with Crippen molar-refractivity contribution in [3.05, 3.63) is 35.8 Å². The molecule has 4 rings (SSSR count). The summed E-state index contributed by atoms with van der Waals surface area (Å²) in [6.07, 6.45) is 7.23. The second kappa shape index (κ2) is 4.34. The van der Waals surface area contributed by atoms with Crippen molar-refractivity contribution in [3.63, 3.8) is 0 Å². The van der Waals surface area contributed by atoms with Crippen LogP contribution in [0.3, 0.4) is 0 Å². The first-order chi connectivity index (χ1) is 9.31. The van der Waals surface area contributed by atoms with Crippen molar-refractivity contribution < 1.29 is 5.82 Å². The average Bonchev–Trinajstić information content (AvgIpc) is 3.03. The van der Waals surface area contributed by atoms with Crippen LogP contribution in [0.4, 0.5) is 4.39 Å². The lowest BCUT2D eigenvalue weighted by Crippen LogP contribution is -2.37. The van der Waals surface area contributed by atoms with Gasteiger partial charge in [0.1, 0.15) is 5.82 Å². The molecule has 0 radical (unpaired) electrons. The zero-order chi connectivity index (χ0) is 12.8. The average molecular weight is 260 g/mol. The third-order valence-corrected chi connectivity index (χ3v) is 4.94. The van der Waals surface area contributed by atoms with E-state index in [-0.39, 0.29) is 7.24 Å². The first-order valence-corrected chi connectivity index (χ1v) is 7.32. The monoisotopic (exact) mass is 260 g/mol. The second-order valence-corrected chi connectivity index (χ2v) is 5.99. The summed E-state index contributed by atoms with van der Waals surface area (Å²) in [4.78, 5) is 5.92. The standard InChI is InChI=1S/C16H19FN2.H2/c17-12-3-4-16-14(9-12)15(10-18-16)11-5-7-19-6-1-2-13(19)8-11;/h3-4,9-11,13,18H,1-2,5-8H2;1H. The Bertz CT molecular complexity index is 610. The van der Waals surface area contributed by atoms with Crippen LogP contribution in [0.2, 0.25) is 0 Å². The predicted octanol–water partition coefficient (Wildman–Crippen LogP) is 3.89. The van der Waals surface area contributed by atoms with Gasteiger partial charge in [0.2, 0.25) is 0 Å². The largest absolute Gasteiger partial charge is 0.361 e.